The molecule has 5 nitrogen and oxygen atoms in total. The van der Waals surface area contributed by atoms with Crippen LogP contribution in [0, 0.1) is 0 Å². The maximum atomic E-state index is 12.9. The lowest BCUT2D eigenvalue weighted by Gasteiger charge is -2.23. The van der Waals surface area contributed by atoms with Crippen molar-refractivity contribution in [2.75, 3.05) is 19.4 Å². The van der Waals surface area contributed by atoms with E-state index in [1.807, 2.05) is 13.8 Å². The van der Waals surface area contributed by atoms with Crippen molar-refractivity contribution in [2.24, 2.45) is 0 Å². The van der Waals surface area contributed by atoms with Crippen LogP contribution in [0.15, 0.2) is 0 Å². The topological polar surface area (TPSA) is 64.6 Å². The smallest absolute Gasteiger partial charge is 0.407 e. The van der Waals surface area contributed by atoms with Crippen LogP contribution < -0.4 is 5.32 Å². The zero-order valence-electron chi connectivity index (χ0n) is 13.6. The first kappa shape index (κ1) is 18.5. The van der Waals surface area contributed by atoms with Crippen molar-refractivity contribution in [1.29, 1.82) is 0 Å². The molecule has 0 bridgehead atoms. The van der Waals surface area contributed by atoms with Gasteiger partial charge >= 0.3 is 6.09 Å². The third kappa shape index (κ3) is 5.99. The van der Waals surface area contributed by atoms with Crippen molar-refractivity contribution in [2.45, 2.75) is 71.0 Å². The van der Waals surface area contributed by atoms with Crippen LogP contribution in [-0.4, -0.2) is 37.2 Å². The molecule has 1 aliphatic rings. The molecule has 0 radical (unpaired) electrons. The highest BCUT2D eigenvalue weighted by Crippen LogP contribution is 2.57. The average Bonchev–Trinajstić information content (AvgIpc) is 2.89. The van der Waals surface area contributed by atoms with E-state index >= 15 is 0 Å². The van der Waals surface area contributed by atoms with E-state index in [0.29, 0.717) is 19.4 Å². The Kier molecular flexibility index (Phi) is 8.35. The molecule has 0 saturated heterocycles. The largest absolute Gasteiger partial charge is 0.450 e. The number of hydrogen-bond acceptors (Lipinski definition) is 4. The third-order valence-corrected chi connectivity index (χ3v) is 7.24. The molecular weight excluding hydrogens is 289 g/mol. The van der Waals surface area contributed by atoms with E-state index in [-0.39, 0.29) is 17.8 Å². The van der Waals surface area contributed by atoms with Gasteiger partial charge in [-0.15, -0.1) is 0 Å². The molecule has 1 N–H and O–H groups in total. The Morgan fingerprint density at radius 3 is 2.62 bits per heavy atom. The molecule has 1 rings (SSSR count). The van der Waals surface area contributed by atoms with Gasteiger partial charge in [-0.25, -0.2) is 4.79 Å². The van der Waals surface area contributed by atoms with Crippen LogP contribution in [0.4, 0.5) is 4.79 Å². The van der Waals surface area contributed by atoms with Gasteiger partial charge in [-0.2, -0.15) is 0 Å². The van der Waals surface area contributed by atoms with Gasteiger partial charge in [-0.05, 0) is 39.0 Å². The zero-order chi connectivity index (χ0) is 15.7. The summed E-state index contributed by atoms with van der Waals surface area (Å²) in [4.78, 5) is 11.6. The first-order valence-electron chi connectivity index (χ1n) is 8.22. The highest BCUT2D eigenvalue weighted by atomic mass is 31.2. The lowest BCUT2D eigenvalue weighted by molar-refractivity contribution is 0.140. The number of unbranched alkanes of at least 4 members (excludes halogenated alkanes) is 1. The minimum Gasteiger partial charge on any atom is -0.450 e. The molecule has 1 saturated carbocycles. The van der Waals surface area contributed by atoms with E-state index in [9.17, 15) is 9.36 Å². The summed E-state index contributed by atoms with van der Waals surface area (Å²) >= 11 is 0. The van der Waals surface area contributed by atoms with Gasteiger partial charge in [0, 0.05) is 17.9 Å². The van der Waals surface area contributed by atoms with E-state index < -0.39 is 7.37 Å². The number of carbonyl (C=O) groups is 1. The number of hydrogen-bond donors (Lipinski definition) is 1. The first-order chi connectivity index (χ1) is 10.1. The number of rotatable bonds is 9. The Balaban J connectivity index is 2.43. The normalized spacial score (nSPS) is 24.5. The van der Waals surface area contributed by atoms with Crippen molar-refractivity contribution in [3.8, 4) is 0 Å². The Morgan fingerprint density at radius 2 is 2.00 bits per heavy atom. The maximum absolute atomic E-state index is 12.9. The maximum Gasteiger partial charge on any atom is 0.407 e. The predicted molar refractivity (Wildman–Crippen MR) is 85.2 cm³/mol. The molecule has 0 aliphatic heterocycles. The van der Waals surface area contributed by atoms with Gasteiger partial charge in [0.15, 0.2) is 0 Å². The third-order valence-electron chi connectivity index (χ3n) is 3.90. The molecule has 0 heterocycles. The summed E-state index contributed by atoms with van der Waals surface area (Å²) in [5.74, 6) is 0. The second-order valence-electron chi connectivity index (χ2n) is 5.67. The fraction of sp³-hybridized carbons (Fsp3) is 0.933. The summed E-state index contributed by atoms with van der Waals surface area (Å²) in [5, 5.41) is 2.89. The van der Waals surface area contributed by atoms with Crippen LogP contribution in [0.3, 0.4) is 0 Å². The molecule has 1 unspecified atom stereocenters. The van der Waals surface area contributed by atoms with Gasteiger partial charge in [0.25, 0.3) is 0 Å². The van der Waals surface area contributed by atoms with E-state index in [0.717, 1.165) is 38.5 Å². The molecule has 21 heavy (non-hydrogen) atoms. The van der Waals surface area contributed by atoms with Gasteiger partial charge in [0.05, 0.1) is 13.2 Å². The molecule has 0 aromatic carbocycles. The number of nitrogens with one attached hydrogen (secondary N) is 1. The lowest BCUT2D eigenvalue weighted by Crippen LogP contribution is -2.34. The van der Waals surface area contributed by atoms with Gasteiger partial charge in [-0.3, -0.25) is 4.57 Å². The van der Waals surface area contributed by atoms with Gasteiger partial charge in [0.2, 0.25) is 7.37 Å². The number of carbonyl (C=O) groups excluding carboxylic acids is 1. The molecule has 124 valence electrons. The van der Waals surface area contributed by atoms with Gasteiger partial charge in [0.1, 0.15) is 0 Å². The van der Waals surface area contributed by atoms with Crippen LogP contribution in [0.2, 0.25) is 0 Å². The number of alkyl carbamates (subject to hydrolysis) is 1. The highest BCUT2D eigenvalue weighted by Gasteiger charge is 2.39. The van der Waals surface area contributed by atoms with E-state index in [1.54, 1.807) is 0 Å². The van der Waals surface area contributed by atoms with Gasteiger partial charge < -0.3 is 14.6 Å². The fourth-order valence-electron chi connectivity index (χ4n) is 2.85. The summed E-state index contributed by atoms with van der Waals surface area (Å²) in [6.07, 6.45) is 5.50. The molecule has 6 heteroatoms. The second-order valence-corrected chi connectivity index (χ2v) is 8.55. The van der Waals surface area contributed by atoms with Crippen molar-refractivity contribution in [3.63, 3.8) is 0 Å². The molecule has 1 amide bonds. The molecule has 0 aromatic heterocycles. The minimum atomic E-state index is -2.57. The second kappa shape index (κ2) is 9.47. The summed E-state index contributed by atoms with van der Waals surface area (Å²) in [6, 6.07) is 0.0646. The predicted octanol–water partition coefficient (Wildman–Crippen LogP) is 4.16. The number of amides is 1. The Bertz CT molecular complexity index is 352. The number of ether oxygens (including phenoxy) is 1. The molecule has 1 fully saturated rings. The van der Waals surface area contributed by atoms with Crippen LogP contribution in [0.25, 0.3) is 0 Å². The molecule has 0 aromatic rings. The van der Waals surface area contributed by atoms with Crippen molar-refractivity contribution in [3.05, 3.63) is 0 Å². The van der Waals surface area contributed by atoms with E-state index in [1.165, 1.54) is 0 Å². The molecule has 1 aliphatic carbocycles. The van der Waals surface area contributed by atoms with E-state index in [4.69, 9.17) is 9.26 Å². The average molecular weight is 319 g/mol. The van der Waals surface area contributed by atoms with Crippen LogP contribution in [0.1, 0.15) is 59.3 Å². The zero-order valence-corrected chi connectivity index (χ0v) is 14.5. The monoisotopic (exact) mass is 319 g/mol. The Hall–Kier alpha value is -0.540. The quantitative estimate of drug-likeness (QED) is 0.512. The standard InChI is InChI=1S/C15H30NO4P/c1-4-7-10-19-15(17)16-13-8-9-14(12-13)21(18,11-5-2)20-6-3/h13-14H,4-12H2,1-3H3,(H,16,17)/t13-,14+,21?/m0/s1. The fourth-order valence-corrected chi connectivity index (χ4v) is 5.73. The molecule has 3 atom stereocenters. The Labute approximate surface area is 128 Å². The van der Waals surface area contributed by atoms with E-state index in [2.05, 4.69) is 12.2 Å². The van der Waals surface area contributed by atoms with Crippen LogP contribution in [0.5, 0.6) is 0 Å². The van der Waals surface area contributed by atoms with Crippen LogP contribution in [-0.2, 0) is 13.8 Å². The van der Waals surface area contributed by atoms with Crippen molar-refractivity contribution >= 4 is 13.5 Å². The minimum absolute atomic E-state index is 0.0646. The Morgan fingerprint density at radius 1 is 1.24 bits per heavy atom. The molecular formula is C15H30NO4P. The summed E-state index contributed by atoms with van der Waals surface area (Å²) in [7, 11) is -2.57. The summed E-state index contributed by atoms with van der Waals surface area (Å²) in [5.41, 5.74) is 0.0818. The van der Waals surface area contributed by atoms with Crippen molar-refractivity contribution < 1.29 is 18.6 Å². The first-order valence-corrected chi connectivity index (χ1v) is 10.1. The highest BCUT2D eigenvalue weighted by molar-refractivity contribution is 7.59. The summed E-state index contributed by atoms with van der Waals surface area (Å²) in [6.45, 7) is 6.93. The summed E-state index contributed by atoms with van der Waals surface area (Å²) < 4.78 is 23.6. The van der Waals surface area contributed by atoms with Crippen LogP contribution >= 0.6 is 7.37 Å². The van der Waals surface area contributed by atoms with Crippen molar-refractivity contribution in [1.82, 2.24) is 5.32 Å². The van der Waals surface area contributed by atoms with Gasteiger partial charge in [-0.1, -0.05) is 20.3 Å². The SMILES string of the molecule is CCCCOC(=O)N[C@H]1CC[C@@H](P(=O)(CCC)OCC)C1. The molecule has 0 spiro atoms. The lowest BCUT2D eigenvalue weighted by atomic mass is 10.3.